The van der Waals surface area contributed by atoms with Crippen molar-refractivity contribution in [2.75, 3.05) is 28.7 Å². The van der Waals surface area contributed by atoms with E-state index in [1.807, 2.05) is 0 Å². The number of carbonyl (C=O) groups excluding carboxylic acids is 1. The van der Waals surface area contributed by atoms with Crippen molar-refractivity contribution < 1.29 is 21.6 Å². The van der Waals surface area contributed by atoms with Crippen molar-refractivity contribution in [3.8, 4) is 0 Å². The van der Waals surface area contributed by atoms with Gasteiger partial charge in [-0.25, -0.2) is 16.8 Å². The normalized spacial score (nSPS) is 14.2. The lowest BCUT2D eigenvalue weighted by Gasteiger charge is -2.17. The minimum Gasteiger partial charge on any atom is -0.322 e. The van der Waals surface area contributed by atoms with Crippen LogP contribution in [-0.2, 0) is 26.3 Å². The molecule has 7 nitrogen and oxygen atoms in total. The molecule has 2 aromatic rings. The Morgan fingerprint density at radius 3 is 2.42 bits per heavy atom. The number of nitrogens with one attached hydrogen (secondary N) is 1. The van der Waals surface area contributed by atoms with Crippen LogP contribution in [0.4, 0.5) is 11.4 Å². The smallest absolute Gasteiger partial charge is 0.255 e. The molecule has 0 saturated carbocycles. The zero-order valence-electron chi connectivity index (χ0n) is 14.3. The van der Waals surface area contributed by atoms with Gasteiger partial charge in [0.25, 0.3) is 5.91 Å². The summed E-state index contributed by atoms with van der Waals surface area (Å²) in [6, 6.07) is 10.8. The summed E-state index contributed by atoms with van der Waals surface area (Å²) in [6.07, 6.45) is 2.83. The average Bonchev–Trinajstić information content (AvgIpc) is 2.97. The fourth-order valence-corrected chi connectivity index (χ4v) is 4.46. The largest absolute Gasteiger partial charge is 0.322 e. The van der Waals surface area contributed by atoms with Gasteiger partial charge >= 0.3 is 0 Å². The number of anilines is 2. The first-order chi connectivity index (χ1) is 12.1. The molecule has 1 N–H and O–H groups in total. The van der Waals surface area contributed by atoms with E-state index < -0.39 is 25.8 Å². The lowest BCUT2D eigenvalue weighted by atomic mass is 10.1. The Hall–Kier alpha value is -2.39. The van der Waals surface area contributed by atoms with Gasteiger partial charge in [0, 0.05) is 24.1 Å². The summed E-state index contributed by atoms with van der Waals surface area (Å²) in [5, 5.41) is 2.68. The Labute approximate surface area is 152 Å². The number of nitrogens with zero attached hydrogens (tertiary/aromatic N) is 1. The van der Waals surface area contributed by atoms with Crippen molar-refractivity contribution in [3.05, 3.63) is 53.6 Å². The molecule has 1 aliphatic rings. The zero-order valence-corrected chi connectivity index (χ0v) is 15.9. The summed E-state index contributed by atoms with van der Waals surface area (Å²) >= 11 is 0. The van der Waals surface area contributed by atoms with Crippen LogP contribution in [0.3, 0.4) is 0 Å². The molecule has 9 heteroatoms. The van der Waals surface area contributed by atoms with E-state index in [4.69, 9.17) is 0 Å². The average molecular weight is 394 g/mol. The number of hydrogen-bond acceptors (Lipinski definition) is 5. The highest BCUT2D eigenvalue weighted by molar-refractivity contribution is 7.92. The molecule has 0 fully saturated rings. The van der Waals surface area contributed by atoms with Gasteiger partial charge in [0.15, 0.2) is 9.84 Å². The van der Waals surface area contributed by atoms with E-state index in [0.29, 0.717) is 24.3 Å². The highest BCUT2D eigenvalue weighted by Gasteiger charge is 2.26. The third-order valence-corrected chi connectivity index (χ3v) is 6.41. The van der Waals surface area contributed by atoms with Crippen molar-refractivity contribution in [2.45, 2.75) is 11.3 Å². The van der Waals surface area contributed by atoms with Gasteiger partial charge in [0.1, 0.15) is 0 Å². The van der Waals surface area contributed by atoms with Gasteiger partial charge in [-0.3, -0.25) is 9.10 Å². The number of amides is 1. The second-order valence-electron chi connectivity index (χ2n) is 6.18. The molecule has 0 aromatic heterocycles. The molecule has 1 amide bonds. The molecular weight excluding hydrogens is 376 g/mol. The maximum Gasteiger partial charge on any atom is 0.255 e. The Morgan fingerprint density at radius 1 is 1.04 bits per heavy atom. The van der Waals surface area contributed by atoms with Crippen LogP contribution in [0, 0.1) is 0 Å². The molecule has 0 atom stereocenters. The lowest BCUT2D eigenvalue weighted by molar-refractivity contribution is 0.102. The maximum atomic E-state index is 12.4. The number of benzene rings is 2. The van der Waals surface area contributed by atoms with Crippen LogP contribution in [0.2, 0.25) is 0 Å². The summed E-state index contributed by atoms with van der Waals surface area (Å²) in [5.74, 6) is -0.473. The molecule has 0 spiro atoms. The zero-order chi connectivity index (χ0) is 19.1. The van der Waals surface area contributed by atoms with E-state index in [0.717, 1.165) is 18.1 Å². The molecule has 0 saturated heterocycles. The number of sulfonamides is 1. The van der Waals surface area contributed by atoms with E-state index >= 15 is 0 Å². The molecule has 3 rings (SSSR count). The van der Waals surface area contributed by atoms with Crippen molar-refractivity contribution in [1.82, 2.24) is 0 Å². The number of rotatable bonds is 4. The van der Waals surface area contributed by atoms with Crippen molar-refractivity contribution >= 4 is 37.1 Å². The first-order valence-electron chi connectivity index (χ1n) is 7.78. The first-order valence-corrected chi connectivity index (χ1v) is 11.5. The predicted octanol–water partition coefficient (Wildman–Crippen LogP) is 1.66. The van der Waals surface area contributed by atoms with Gasteiger partial charge in [-0.05, 0) is 42.3 Å². The van der Waals surface area contributed by atoms with Crippen molar-refractivity contribution in [2.24, 2.45) is 0 Å². The maximum absolute atomic E-state index is 12.4. The highest BCUT2D eigenvalue weighted by atomic mass is 32.2. The van der Waals surface area contributed by atoms with Crippen LogP contribution in [0.5, 0.6) is 0 Å². The SMILES string of the molecule is CS(=O)(=O)c1cccc(C(=O)Nc2ccc3c(c2)N(S(C)(=O)=O)CC3)c1. The van der Waals surface area contributed by atoms with Gasteiger partial charge in [0.2, 0.25) is 10.0 Å². The van der Waals surface area contributed by atoms with E-state index in [9.17, 15) is 21.6 Å². The first kappa shape index (κ1) is 18.4. The Bertz CT molecular complexity index is 1090. The van der Waals surface area contributed by atoms with E-state index in [-0.39, 0.29) is 10.5 Å². The summed E-state index contributed by atoms with van der Waals surface area (Å²) in [5.41, 5.74) is 2.09. The fraction of sp³-hybridized carbons (Fsp3) is 0.235. The topological polar surface area (TPSA) is 101 Å². The second-order valence-corrected chi connectivity index (χ2v) is 10.1. The van der Waals surface area contributed by atoms with E-state index in [1.165, 1.54) is 28.6 Å². The second kappa shape index (κ2) is 6.40. The van der Waals surface area contributed by atoms with Gasteiger partial charge < -0.3 is 5.32 Å². The fourth-order valence-electron chi connectivity index (χ4n) is 2.84. The standard InChI is InChI=1S/C17H18N2O5S2/c1-25(21,22)15-5-3-4-13(10-15)17(20)18-14-7-6-12-8-9-19(16(12)11-14)26(2,23)24/h3-7,10-11H,8-9H2,1-2H3,(H,18,20). The number of hydrogen-bond donors (Lipinski definition) is 1. The quantitative estimate of drug-likeness (QED) is 0.850. The minimum atomic E-state index is -3.42. The van der Waals surface area contributed by atoms with E-state index in [2.05, 4.69) is 5.32 Å². The molecular formula is C17H18N2O5S2. The molecule has 1 aliphatic heterocycles. The summed E-state index contributed by atoms with van der Waals surface area (Å²) in [4.78, 5) is 12.5. The van der Waals surface area contributed by atoms with Gasteiger partial charge in [-0.2, -0.15) is 0 Å². The van der Waals surface area contributed by atoms with Gasteiger partial charge in [0.05, 0.1) is 16.8 Å². The Morgan fingerprint density at radius 2 is 1.77 bits per heavy atom. The molecule has 0 aliphatic carbocycles. The van der Waals surface area contributed by atoms with Crippen molar-refractivity contribution in [3.63, 3.8) is 0 Å². The molecule has 0 unspecified atom stereocenters. The van der Waals surface area contributed by atoms with Crippen LogP contribution in [0.25, 0.3) is 0 Å². The molecule has 1 heterocycles. The third kappa shape index (κ3) is 3.73. The van der Waals surface area contributed by atoms with Crippen LogP contribution in [0.15, 0.2) is 47.4 Å². The van der Waals surface area contributed by atoms with Gasteiger partial charge in [-0.1, -0.05) is 12.1 Å². The monoisotopic (exact) mass is 394 g/mol. The third-order valence-electron chi connectivity index (χ3n) is 4.12. The molecule has 0 bridgehead atoms. The summed E-state index contributed by atoms with van der Waals surface area (Å²) < 4.78 is 48.3. The highest BCUT2D eigenvalue weighted by Crippen LogP contribution is 2.32. The number of carbonyl (C=O) groups is 1. The van der Waals surface area contributed by atoms with Gasteiger partial charge in [-0.15, -0.1) is 0 Å². The Balaban J connectivity index is 1.88. The number of sulfone groups is 1. The van der Waals surface area contributed by atoms with E-state index in [1.54, 1.807) is 18.2 Å². The van der Waals surface area contributed by atoms with Crippen LogP contribution >= 0.6 is 0 Å². The number of fused-ring (bicyclic) bond motifs is 1. The van der Waals surface area contributed by atoms with Crippen molar-refractivity contribution in [1.29, 1.82) is 0 Å². The molecule has 138 valence electrons. The van der Waals surface area contributed by atoms with Crippen LogP contribution < -0.4 is 9.62 Å². The van der Waals surface area contributed by atoms with Crippen LogP contribution in [0.1, 0.15) is 15.9 Å². The summed E-state index contributed by atoms with van der Waals surface area (Å²) in [6.45, 7) is 0.377. The van der Waals surface area contributed by atoms with Crippen LogP contribution in [-0.4, -0.2) is 41.8 Å². The molecule has 26 heavy (non-hydrogen) atoms. The Kier molecular flexibility index (Phi) is 4.53. The minimum absolute atomic E-state index is 0.0577. The molecule has 2 aromatic carbocycles. The molecule has 0 radical (unpaired) electrons. The summed E-state index contributed by atoms with van der Waals surface area (Å²) in [7, 11) is -6.80. The lowest BCUT2D eigenvalue weighted by Crippen LogP contribution is -2.27. The predicted molar refractivity (Wildman–Crippen MR) is 99.8 cm³/mol.